The van der Waals surface area contributed by atoms with Crippen molar-refractivity contribution >= 4 is 69.5 Å². The molecule has 0 unspecified atom stereocenters. The van der Waals surface area contributed by atoms with Gasteiger partial charge in [-0.3, -0.25) is 14.5 Å². The van der Waals surface area contributed by atoms with Gasteiger partial charge in [0.25, 0.3) is 0 Å². The third-order valence-corrected chi connectivity index (χ3v) is 12.4. The van der Waals surface area contributed by atoms with Crippen LogP contribution in [0, 0.1) is 0 Å². The molecule has 1 fully saturated rings. The van der Waals surface area contributed by atoms with E-state index in [0.717, 1.165) is 21.6 Å². The first kappa shape index (κ1) is 39.1. The molecule has 7 rings (SSSR count). The summed E-state index contributed by atoms with van der Waals surface area (Å²) in [6.07, 6.45) is 3.66. The van der Waals surface area contributed by atoms with Crippen LogP contribution in [0.2, 0.25) is 0 Å². The van der Waals surface area contributed by atoms with Gasteiger partial charge in [0.05, 0.1) is 18.8 Å². The van der Waals surface area contributed by atoms with Crippen molar-refractivity contribution in [2.45, 2.75) is 22.2 Å². The van der Waals surface area contributed by atoms with Crippen LogP contribution >= 0.6 is 34.9 Å². The molecule has 14 nitrogen and oxygen atoms in total. The topological polar surface area (TPSA) is 172 Å². The number of hydrogen-bond donors (Lipinski definition) is 3. The number of nitrogens with zero attached hydrogens (tertiary/aromatic N) is 5. The number of anilines is 1. The van der Waals surface area contributed by atoms with Gasteiger partial charge in [-0.05, 0) is 22.3 Å². The molecule has 4 N–H and O–H groups in total. The third kappa shape index (κ3) is 8.21. The van der Waals surface area contributed by atoms with E-state index in [1.807, 2.05) is 91.0 Å². The number of nitrogens with two attached hydrogens (primary N) is 1. The quantitative estimate of drug-likeness (QED) is 0.0376. The molecule has 3 aromatic carbocycles. The monoisotopic (exact) mass is 821 g/mol. The number of β-lactam (4-membered cyclic amide) rings is 1. The molecular weight excluding hydrogens is 785 g/mol. The molecule has 0 spiro atoms. The normalized spacial score (nSPS) is 15.3. The fourth-order valence-corrected chi connectivity index (χ4v) is 9.47. The van der Waals surface area contributed by atoms with Gasteiger partial charge in [0.1, 0.15) is 24.0 Å². The lowest BCUT2D eigenvalue weighted by molar-refractivity contribution is -0.679. The molecule has 4 amide bonds. The number of thioether (sulfide) groups is 2. The number of urea groups is 1. The van der Waals surface area contributed by atoms with E-state index in [1.165, 1.54) is 44.8 Å². The molecular formula is C40H37N8O6S3+. The van der Waals surface area contributed by atoms with Crippen molar-refractivity contribution in [1.29, 1.82) is 0 Å². The zero-order valence-electron chi connectivity index (χ0n) is 30.7. The minimum Gasteiger partial charge on any atom is -0.398 e. The maximum Gasteiger partial charge on any atom is 0.379 e. The number of thiazole rings is 1. The van der Waals surface area contributed by atoms with Crippen LogP contribution < -0.4 is 26.2 Å². The van der Waals surface area contributed by atoms with Gasteiger partial charge >= 0.3 is 17.9 Å². The molecule has 0 saturated carbocycles. The van der Waals surface area contributed by atoms with Crippen molar-refractivity contribution in [3.05, 3.63) is 155 Å². The summed E-state index contributed by atoms with van der Waals surface area (Å²) in [5.74, 6) is -1.14. The predicted molar refractivity (Wildman–Crippen MR) is 219 cm³/mol. The lowest BCUT2D eigenvalue weighted by Crippen LogP contribution is -2.59. The van der Waals surface area contributed by atoms with Crippen molar-refractivity contribution in [3.63, 3.8) is 0 Å². The van der Waals surface area contributed by atoms with E-state index in [2.05, 4.69) is 16.0 Å². The Morgan fingerprint density at radius 3 is 2.12 bits per heavy atom. The largest absolute Gasteiger partial charge is 0.398 e. The molecule has 0 radical (unpaired) electrons. The van der Waals surface area contributed by atoms with Crippen LogP contribution in [0.1, 0.15) is 28.8 Å². The maximum atomic E-state index is 13.7. The van der Waals surface area contributed by atoms with Crippen LogP contribution in [0.4, 0.5) is 9.93 Å². The number of carbonyl (C=O) groups is 4. The van der Waals surface area contributed by atoms with Crippen molar-refractivity contribution in [2.75, 3.05) is 36.0 Å². The molecule has 4 heterocycles. The van der Waals surface area contributed by atoms with Gasteiger partial charge in [0, 0.05) is 33.9 Å². The summed E-state index contributed by atoms with van der Waals surface area (Å²) in [6.45, 7) is 0. The summed E-state index contributed by atoms with van der Waals surface area (Å²) in [4.78, 5) is 69.0. The van der Waals surface area contributed by atoms with Gasteiger partial charge in [-0.15, -0.1) is 34.9 Å². The Morgan fingerprint density at radius 1 is 0.982 bits per heavy atom. The fourth-order valence-electron chi connectivity index (χ4n) is 6.43. The number of amides is 4. The first-order chi connectivity index (χ1) is 27.7. The van der Waals surface area contributed by atoms with Gasteiger partial charge in [-0.2, -0.15) is 5.48 Å². The van der Waals surface area contributed by atoms with Crippen LogP contribution in [0.5, 0.6) is 0 Å². The summed E-state index contributed by atoms with van der Waals surface area (Å²) < 4.78 is 1.54. The van der Waals surface area contributed by atoms with E-state index >= 15 is 0 Å². The Bertz CT molecular complexity index is 2230. The molecule has 57 heavy (non-hydrogen) atoms. The molecule has 1 atom stereocenters. The minimum atomic E-state index is -0.887. The molecule has 0 bridgehead atoms. The Kier molecular flexibility index (Phi) is 11.9. The second-order valence-corrected chi connectivity index (χ2v) is 15.8. The number of oxime groups is 1. The first-order valence-corrected chi connectivity index (χ1v) is 20.5. The summed E-state index contributed by atoms with van der Waals surface area (Å²) in [5, 5.41) is 10.8. The second-order valence-electron chi connectivity index (χ2n) is 12.7. The molecule has 2 aliphatic rings. The van der Waals surface area contributed by atoms with Crippen LogP contribution in [-0.2, 0) is 29.6 Å². The van der Waals surface area contributed by atoms with E-state index < -0.39 is 23.4 Å². The van der Waals surface area contributed by atoms with Crippen LogP contribution in [0.25, 0.3) is 0 Å². The standard InChI is InChI=1S/C40H36N8O6S3/c1-46(38(41)52)47-20-18-30(19-21-47)55-23-26-24-56-33-22-32(49)48(33)35(26)37(51)54-45-36(50)34(44-53-2)31-25-57-39(42-31)43-40(27-12-6-3-7-13-27,28-14-8-4-9-15-28)29-16-10-5-11-17-29/h3-21,25,33H,22-24H2,1-2H3,(H3-,41,42,43,45,50,52)/p+1/b44-34-/t33-/m0/s1. The van der Waals surface area contributed by atoms with E-state index in [1.54, 1.807) is 48.7 Å². The number of aromatic nitrogens is 2. The van der Waals surface area contributed by atoms with Crippen molar-refractivity contribution in [1.82, 2.24) is 15.4 Å². The molecule has 1 saturated heterocycles. The van der Waals surface area contributed by atoms with E-state index in [9.17, 15) is 19.2 Å². The highest BCUT2D eigenvalue weighted by Crippen LogP contribution is 2.42. The van der Waals surface area contributed by atoms with Crippen molar-refractivity contribution in [2.24, 2.45) is 10.9 Å². The number of benzene rings is 3. The highest BCUT2D eigenvalue weighted by atomic mass is 32.2. The number of carbonyl (C=O) groups excluding carboxylic acids is 4. The number of rotatable bonds is 13. The second kappa shape index (κ2) is 17.3. The molecule has 0 aliphatic carbocycles. The third-order valence-electron chi connectivity index (χ3n) is 9.28. The highest BCUT2D eigenvalue weighted by Gasteiger charge is 2.46. The van der Waals surface area contributed by atoms with Crippen molar-refractivity contribution in [3.8, 4) is 0 Å². The Labute approximate surface area is 340 Å². The summed E-state index contributed by atoms with van der Waals surface area (Å²) in [7, 11) is 2.84. The maximum absolute atomic E-state index is 13.7. The predicted octanol–water partition coefficient (Wildman–Crippen LogP) is 4.76. The van der Waals surface area contributed by atoms with Gasteiger partial charge < -0.3 is 20.7 Å². The van der Waals surface area contributed by atoms with Crippen LogP contribution in [0.15, 0.2) is 142 Å². The van der Waals surface area contributed by atoms with E-state index in [4.69, 9.17) is 20.4 Å². The number of primary amides is 1. The van der Waals surface area contributed by atoms with Crippen LogP contribution in [-0.4, -0.2) is 70.4 Å². The average Bonchev–Trinajstić information content (AvgIpc) is 3.71. The number of pyridine rings is 1. The van der Waals surface area contributed by atoms with Gasteiger partial charge in [-0.1, -0.05) is 106 Å². The number of hydroxylamine groups is 1. The number of fused-ring (bicyclic) bond motifs is 1. The van der Waals surface area contributed by atoms with Crippen molar-refractivity contribution < 1.29 is 33.5 Å². The molecule has 2 aromatic heterocycles. The highest BCUT2D eigenvalue weighted by molar-refractivity contribution is 8.01. The van der Waals surface area contributed by atoms with E-state index in [0.29, 0.717) is 28.6 Å². The lowest BCUT2D eigenvalue weighted by atomic mass is 9.77. The minimum absolute atomic E-state index is 0.0895. The van der Waals surface area contributed by atoms with Gasteiger partial charge in [-0.25, -0.2) is 14.6 Å². The smallest absolute Gasteiger partial charge is 0.379 e. The summed E-state index contributed by atoms with van der Waals surface area (Å²) in [6, 6.07) is 33.0. The summed E-state index contributed by atoms with van der Waals surface area (Å²) >= 11 is 4.26. The lowest BCUT2D eigenvalue weighted by Gasteiger charge is -2.44. The number of hydrogen-bond acceptors (Lipinski definition) is 12. The Hall–Kier alpha value is -6.17. The first-order valence-electron chi connectivity index (χ1n) is 17.6. The zero-order chi connectivity index (χ0) is 39.9. The number of nitrogens with one attached hydrogen (secondary N) is 2. The van der Waals surface area contributed by atoms with E-state index in [-0.39, 0.29) is 28.4 Å². The Balaban J connectivity index is 1.10. The average molecular weight is 822 g/mol. The zero-order valence-corrected chi connectivity index (χ0v) is 33.2. The molecule has 17 heteroatoms. The summed E-state index contributed by atoms with van der Waals surface area (Å²) in [5.41, 5.74) is 10.3. The van der Waals surface area contributed by atoms with Gasteiger partial charge in [0.15, 0.2) is 10.8 Å². The fraction of sp³-hybridized carbons (Fsp3) is 0.175. The van der Waals surface area contributed by atoms with Crippen LogP contribution in [0.3, 0.4) is 0 Å². The molecule has 290 valence electrons. The molecule has 5 aromatic rings. The Morgan fingerprint density at radius 2 is 1.58 bits per heavy atom. The molecule has 2 aliphatic heterocycles. The van der Waals surface area contributed by atoms with Gasteiger partial charge in [0.2, 0.25) is 18.3 Å². The SMILES string of the molecule is CO/N=C(\C(=O)NOC(=O)C1=C(CSc2cc[n+](N(C)C(N)=O)cc2)CS[C@H]2CC(=O)N12)c1csc(NC(c2ccccc2)(c2ccccc2)c2ccccc2)n1.